The first-order valence-corrected chi connectivity index (χ1v) is 11.0. The lowest BCUT2D eigenvalue weighted by molar-refractivity contribution is 0.271. The van der Waals surface area contributed by atoms with E-state index in [1.165, 1.54) is 17.3 Å². The molecule has 1 atom stereocenters. The Hall–Kier alpha value is 0.647. The summed E-state index contributed by atoms with van der Waals surface area (Å²) in [4.78, 5) is 0. The molecule has 0 unspecified atom stereocenters. The van der Waals surface area contributed by atoms with Gasteiger partial charge in [-0.2, -0.15) is 0 Å². The van der Waals surface area contributed by atoms with Crippen LogP contribution in [0.2, 0.25) is 18.1 Å². The molecule has 0 aliphatic rings. The van der Waals surface area contributed by atoms with Crippen LogP contribution in [0, 0.1) is 5.92 Å². The Morgan fingerprint density at radius 2 is 1.94 bits per heavy atom. The molecule has 0 aliphatic carbocycles. The smallest absolute Gasteiger partial charge is 0.191 e. The highest BCUT2D eigenvalue weighted by Crippen LogP contribution is 2.36. The second kappa shape index (κ2) is 7.95. The van der Waals surface area contributed by atoms with Crippen LogP contribution in [0.25, 0.3) is 0 Å². The van der Waals surface area contributed by atoms with Gasteiger partial charge in [-0.15, -0.1) is 6.58 Å². The Labute approximate surface area is 123 Å². The molecule has 0 aromatic heterocycles. The molecule has 102 valence electrons. The van der Waals surface area contributed by atoms with Gasteiger partial charge in [0, 0.05) is 11.0 Å². The molecule has 0 spiro atoms. The van der Waals surface area contributed by atoms with E-state index in [1.807, 2.05) is 6.08 Å². The molecule has 0 saturated carbocycles. The van der Waals surface area contributed by atoms with Crippen LogP contribution in [0.1, 0.15) is 40.0 Å². The number of hydrogen-bond acceptors (Lipinski definition) is 1. The zero-order chi connectivity index (χ0) is 13.5. The molecule has 0 fully saturated rings. The van der Waals surface area contributed by atoms with Crippen molar-refractivity contribution in [2.45, 2.75) is 58.2 Å². The van der Waals surface area contributed by atoms with Crippen molar-refractivity contribution in [2.24, 2.45) is 5.92 Å². The lowest BCUT2D eigenvalue weighted by Gasteiger charge is -2.36. The Balaban J connectivity index is 3.88. The quantitative estimate of drug-likeness (QED) is 0.183. The fraction of sp³-hybridized carbons (Fsp3) is 0.857. The van der Waals surface area contributed by atoms with E-state index in [0.717, 1.165) is 18.9 Å². The van der Waals surface area contributed by atoms with Crippen LogP contribution in [-0.2, 0) is 4.43 Å². The van der Waals surface area contributed by atoms with Crippen molar-refractivity contribution >= 4 is 30.9 Å². The second-order valence-electron chi connectivity index (χ2n) is 6.30. The van der Waals surface area contributed by atoms with Gasteiger partial charge in [-0.05, 0) is 43.3 Å². The second-order valence-corrected chi connectivity index (χ2v) is 12.0. The largest absolute Gasteiger partial charge is 0.417 e. The van der Waals surface area contributed by atoms with Crippen molar-refractivity contribution in [3.8, 4) is 0 Å². The minimum atomic E-state index is -1.53. The van der Waals surface area contributed by atoms with Crippen molar-refractivity contribution in [1.29, 1.82) is 0 Å². The predicted molar refractivity (Wildman–Crippen MR) is 89.6 cm³/mol. The summed E-state index contributed by atoms with van der Waals surface area (Å²) in [7, 11) is -1.53. The van der Waals surface area contributed by atoms with Gasteiger partial charge in [-0.25, -0.2) is 0 Å². The lowest BCUT2D eigenvalue weighted by atomic mass is 10.0. The molecule has 17 heavy (non-hydrogen) atoms. The maximum Gasteiger partial charge on any atom is 0.191 e. The Bertz CT molecular complexity index is 221. The van der Waals surface area contributed by atoms with Crippen LogP contribution in [0.4, 0.5) is 0 Å². The molecule has 0 aromatic carbocycles. The monoisotopic (exact) mass is 368 g/mol. The summed E-state index contributed by atoms with van der Waals surface area (Å²) < 4.78 is 7.40. The number of allylic oxidation sites excluding steroid dienone is 1. The van der Waals surface area contributed by atoms with Crippen molar-refractivity contribution in [3.63, 3.8) is 0 Å². The summed E-state index contributed by atoms with van der Waals surface area (Å²) in [5.74, 6) is 0.788. The summed E-state index contributed by atoms with van der Waals surface area (Å²) in [6, 6.07) is 0. The molecule has 0 N–H and O–H groups in total. The van der Waals surface area contributed by atoms with Crippen LogP contribution in [0.3, 0.4) is 0 Å². The fourth-order valence-electron chi connectivity index (χ4n) is 1.41. The minimum Gasteiger partial charge on any atom is -0.417 e. The molecule has 0 saturated heterocycles. The molecular formula is C14H29IOSi. The van der Waals surface area contributed by atoms with E-state index in [9.17, 15) is 0 Å². The van der Waals surface area contributed by atoms with Crippen molar-refractivity contribution in [2.75, 3.05) is 11.0 Å². The average molecular weight is 368 g/mol. The van der Waals surface area contributed by atoms with E-state index < -0.39 is 8.32 Å². The Morgan fingerprint density at radius 1 is 1.35 bits per heavy atom. The molecule has 1 nitrogen and oxygen atoms in total. The SMILES string of the molecule is C=CC[C@H](CI)CCCO[Si](C)(C)C(C)(C)C. The predicted octanol–water partition coefficient (Wildman–Crippen LogP) is 5.42. The van der Waals surface area contributed by atoms with Crippen molar-refractivity contribution in [1.82, 2.24) is 0 Å². The zero-order valence-corrected chi connectivity index (χ0v) is 15.3. The number of rotatable bonds is 8. The van der Waals surface area contributed by atoms with E-state index in [2.05, 4.69) is 63.0 Å². The van der Waals surface area contributed by atoms with E-state index in [-0.39, 0.29) is 0 Å². The number of hydrogen-bond donors (Lipinski definition) is 0. The fourth-order valence-corrected chi connectivity index (χ4v) is 3.30. The van der Waals surface area contributed by atoms with Gasteiger partial charge in [0.25, 0.3) is 0 Å². The van der Waals surface area contributed by atoms with E-state index in [4.69, 9.17) is 4.43 Å². The maximum atomic E-state index is 6.18. The highest BCUT2D eigenvalue weighted by Gasteiger charge is 2.36. The van der Waals surface area contributed by atoms with Crippen LogP contribution in [0.5, 0.6) is 0 Å². The van der Waals surface area contributed by atoms with Gasteiger partial charge in [-0.3, -0.25) is 0 Å². The minimum absolute atomic E-state index is 0.330. The van der Waals surface area contributed by atoms with Crippen LogP contribution < -0.4 is 0 Å². The first-order chi connectivity index (χ1) is 7.74. The molecule has 0 rings (SSSR count). The summed E-state index contributed by atoms with van der Waals surface area (Å²) in [6.07, 6.45) is 5.64. The summed E-state index contributed by atoms with van der Waals surface area (Å²) in [5.41, 5.74) is 0. The van der Waals surface area contributed by atoms with E-state index in [1.54, 1.807) is 0 Å². The number of halogens is 1. The van der Waals surface area contributed by atoms with Gasteiger partial charge in [0.2, 0.25) is 0 Å². The third kappa shape index (κ3) is 6.96. The summed E-state index contributed by atoms with van der Waals surface area (Å²) in [5, 5.41) is 0.330. The van der Waals surface area contributed by atoms with Gasteiger partial charge in [-0.1, -0.05) is 49.4 Å². The standard InChI is InChI=1S/C14H29IOSi/c1-7-9-13(12-15)10-8-11-16-17(5,6)14(2,3)4/h7,13H,1,8-12H2,2-6H3/t13-/m0/s1. The van der Waals surface area contributed by atoms with Gasteiger partial charge >= 0.3 is 0 Å². The summed E-state index contributed by atoms with van der Waals surface area (Å²) in [6.45, 7) is 16.3. The van der Waals surface area contributed by atoms with Gasteiger partial charge in [0.05, 0.1) is 0 Å². The third-order valence-corrected chi connectivity index (χ3v) is 9.53. The zero-order valence-electron chi connectivity index (χ0n) is 12.2. The molecule has 0 aromatic rings. The van der Waals surface area contributed by atoms with Crippen LogP contribution >= 0.6 is 22.6 Å². The number of alkyl halides is 1. The van der Waals surface area contributed by atoms with Gasteiger partial charge < -0.3 is 4.43 Å². The van der Waals surface area contributed by atoms with E-state index >= 15 is 0 Å². The third-order valence-electron chi connectivity index (χ3n) is 3.74. The van der Waals surface area contributed by atoms with Gasteiger partial charge in [0.1, 0.15) is 0 Å². The Kier molecular flexibility index (Phi) is 8.25. The molecule has 0 radical (unpaired) electrons. The molecule has 0 amide bonds. The van der Waals surface area contributed by atoms with Gasteiger partial charge in [0.15, 0.2) is 8.32 Å². The topological polar surface area (TPSA) is 9.23 Å². The van der Waals surface area contributed by atoms with Crippen LogP contribution in [-0.4, -0.2) is 19.4 Å². The average Bonchev–Trinajstić information content (AvgIpc) is 2.21. The van der Waals surface area contributed by atoms with Crippen LogP contribution in [0.15, 0.2) is 12.7 Å². The lowest BCUT2D eigenvalue weighted by Crippen LogP contribution is -2.41. The van der Waals surface area contributed by atoms with Crippen molar-refractivity contribution in [3.05, 3.63) is 12.7 Å². The highest BCUT2D eigenvalue weighted by atomic mass is 127. The molecule has 0 bridgehead atoms. The molecular weight excluding hydrogens is 339 g/mol. The first kappa shape index (κ1) is 17.6. The summed E-state index contributed by atoms with van der Waals surface area (Å²) >= 11 is 2.47. The highest BCUT2D eigenvalue weighted by molar-refractivity contribution is 14.1. The molecule has 0 heterocycles. The van der Waals surface area contributed by atoms with E-state index in [0.29, 0.717) is 5.04 Å². The molecule has 0 aliphatic heterocycles. The van der Waals surface area contributed by atoms with Crippen molar-refractivity contribution < 1.29 is 4.43 Å². The first-order valence-electron chi connectivity index (χ1n) is 6.55. The Morgan fingerprint density at radius 3 is 2.35 bits per heavy atom. The molecule has 3 heteroatoms. The maximum absolute atomic E-state index is 6.18. The normalized spacial score (nSPS) is 14.7.